The number of para-hydroxylation sites is 1. The number of amides is 1. The lowest BCUT2D eigenvalue weighted by Crippen LogP contribution is -2.24. The molecular formula is C28H24FN3O3. The smallest absolute Gasteiger partial charge is 0.262 e. The first-order valence-electron chi connectivity index (χ1n) is 11.0. The molecule has 0 radical (unpaired) electrons. The van der Waals surface area contributed by atoms with Gasteiger partial charge >= 0.3 is 0 Å². The Hall–Kier alpha value is -4.57. The maximum Gasteiger partial charge on any atom is 0.262 e. The SMILES string of the molecule is COc1ccc(CNC(=O)/C(C#N)=C/c2cn(Cc3cccc(F)c3)c3ccccc23)c(OC)c1. The number of halogens is 1. The van der Waals surface area contributed by atoms with E-state index in [0.29, 0.717) is 18.0 Å². The van der Waals surface area contributed by atoms with Gasteiger partial charge in [-0.1, -0.05) is 30.3 Å². The number of carbonyl (C=O) groups is 1. The Kier molecular flexibility index (Phi) is 7.12. The lowest BCUT2D eigenvalue weighted by atomic mass is 10.1. The number of carbonyl (C=O) groups excluding carboxylic acids is 1. The zero-order valence-corrected chi connectivity index (χ0v) is 19.4. The van der Waals surface area contributed by atoms with Crippen molar-refractivity contribution < 1.29 is 18.7 Å². The van der Waals surface area contributed by atoms with E-state index in [4.69, 9.17) is 9.47 Å². The van der Waals surface area contributed by atoms with Crippen molar-refractivity contribution >= 4 is 22.9 Å². The van der Waals surface area contributed by atoms with Crippen LogP contribution in [-0.4, -0.2) is 24.7 Å². The fourth-order valence-corrected chi connectivity index (χ4v) is 3.93. The molecule has 1 aromatic heterocycles. The molecule has 0 aliphatic rings. The van der Waals surface area contributed by atoms with Gasteiger partial charge in [-0.15, -0.1) is 0 Å². The third-order valence-electron chi connectivity index (χ3n) is 5.66. The average Bonchev–Trinajstić information content (AvgIpc) is 3.22. The molecule has 6 nitrogen and oxygen atoms in total. The van der Waals surface area contributed by atoms with Crippen molar-refractivity contribution in [3.63, 3.8) is 0 Å². The highest BCUT2D eigenvalue weighted by Gasteiger charge is 2.14. The summed E-state index contributed by atoms with van der Waals surface area (Å²) >= 11 is 0. The molecule has 0 saturated carbocycles. The zero-order valence-electron chi connectivity index (χ0n) is 19.4. The molecule has 4 rings (SSSR count). The predicted octanol–water partition coefficient (Wildman–Crippen LogP) is 5.07. The molecule has 4 aromatic rings. The predicted molar refractivity (Wildman–Crippen MR) is 132 cm³/mol. The van der Waals surface area contributed by atoms with Gasteiger partial charge in [0.1, 0.15) is 29.0 Å². The van der Waals surface area contributed by atoms with Crippen LogP contribution < -0.4 is 14.8 Å². The fraction of sp³-hybridized carbons (Fsp3) is 0.143. The molecule has 35 heavy (non-hydrogen) atoms. The quantitative estimate of drug-likeness (QED) is 0.289. The number of benzene rings is 3. The van der Waals surface area contributed by atoms with Gasteiger partial charge in [0, 0.05) is 47.4 Å². The maximum atomic E-state index is 13.7. The monoisotopic (exact) mass is 469 g/mol. The Morgan fingerprint density at radius 2 is 1.91 bits per heavy atom. The average molecular weight is 470 g/mol. The van der Waals surface area contributed by atoms with E-state index in [9.17, 15) is 14.4 Å². The molecule has 176 valence electrons. The van der Waals surface area contributed by atoms with Crippen molar-refractivity contribution in [3.8, 4) is 17.6 Å². The van der Waals surface area contributed by atoms with Crippen LogP contribution in [-0.2, 0) is 17.9 Å². The standard InChI is InChI=1S/C28H24FN3O3/c1-34-24-11-10-20(27(14-24)35-2)16-31-28(33)21(15-30)13-22-18-32(26-9-4-3-8-25(22)26)17-19-6-5-7-23(29)12-19/h3-14,18H,16-17H2,1-2H3,(H,31,33)/b21-13+. The molecule has 0 unspecified atom stereocenters. The number of rotatable bonds is 8. The van der Waals surface area contributed by atoms with Crippen LogP contribution in [0.4, 0.5) is 4.39 Å². The number of hydrogen-bond donors (Lipinski definition) is 1. The Balaban J connectivity index is 1.59. The van der Waals surface area contributed by atoms with Gasteiger partial charge in [0.2, 0.25) is 0 Å². The zero-order chi connectivity index (χ0) is 24.8. The van der Waals surface area contributed by atoms with Gasteiger partial charge in [-0.3, -0.25) is 4.79 Å². The van der Waals surface area contributed by atoms with Crippen LogP contribution in [0.1, 0.15) is 16.7 Å². The van der Waals surface area contributed by atoms with E-state index in [1.54, 1.807) is 44.6 Å². The second-order valence-electron chi connectivity index (χ2n) is 7.89. The lowest BCUT2D eigenvalue weighted by molar-refractivity contribution is -0.117. The maximum absolute atomic E-state index is 13.7. The van der Waals surface area contributed by atoms with Gasteiger partial charge in [-0.2, -0.15) is 5.26 Å². The molecule has 0 aliphatic carbocycles. The van der Waals surface area contributed by atoms with E-state index in [-0.39, 0.29) is 17.9 Å². The summed E-state index contributed by atoms with van der Waals surface area (Å²) in [6, 6.07) is 21.4. The Bertz CT molecular complexity index is 1450. The minimum atomic E-state index is -0.493. The molecule has 1 amide bonds. The summed E-state index contributed by atoms with van der Waals surface area (Å²) in [5.41, 5.74) is 3.19. The number of methoxy groups -OCH3 is 2. The van der Waals surface area contributed by atoms with Crippen LogP contribution >= 0.6 is 0 Å². The topological polar surface area (TPSA) is 76.3 Å². The first kappa shape index (κ1) is 23.6. The van der Waals surface area contributed by atoms with Crippen molar-refractivity contribution in [1.29, 1.82) is 5.26 Å². The van der Waals surface area contributed by atoms with Crippen molar-refractivity contribution in [3.05, 3.63) is 101 Å². The van der Waals surface area contributed by atoms with Crippen LogP contribution in [0, 0.1) is 17.1 Å². The second-order valence-corrected chi connectivity index (χ2v) is 7.89. The molecule has 0 saturated heterocycles. The Labute approximate surface area is 202 Å². The molecule has 0 fully saturated rings. The van der Waals surface area contributed by atoms with Crippen LogP contribution in [0.2, 0.25) is 0 Å². The summed E-state index contributed by atoms with van der Waals surface area (Å²) in [6.07, 6.45) is 3.44. The first-order valence-corrected chi connectivity index (χ1v) is 11.0. The normalized spacial score (nSPS) is 11.2. The number of fused-ring (bicyclic) bond motifs is 1. The van der Waals surface area contributed by atoms with Crippen molar-refractivity contribution in [2.45, 2.75) is 13.1 Å². The largest absolute Gasteiger partial charge is 0.497 e. The summed E-state index contributed by atoms with van der Waals surface area (Å²) < 4.78 is 26.2. The van der Waals surface area contributed by atoms with Gasteiger partial charge in [-0.25, -0.2) is 4.39 Å². The molecule has 3 aromatic carbocycles. The minimum Gasteiger partial charge on any atom is -0.497 e. The Morgan fingerprint density at radius 1 is 1.09 bits per heavy atom. The van der Waals surface area contributed by atoms with Crippen LogP contribution in [0.25, 0.3) is 17.0 Å². The Morgan fingerprint density at radius 3 is 2.66 bits per heavy atom. The van der Waals surface area contributed by atoms with Gasteiger partial charge in [0.25, 0.3) is 5.91 Å². The summed E-state index contributed by atoms with van der Waals surface area (Å²) in [6.45, 7) is 0.643. The number of nitrogens with one attached hydrogen (secondary N) is 1. The third kappa shape index (κ3) is 5.33. The number of nitrogens with zero attached hydrogens (tertiary/aromatic N) is 2. The summed E-state index contributed by atoms with van der Waals surface area (Å²) in [5.74, 6) is 0.431. The molecule has 0 spiro atoms. The van der Waals surface area contributed by atoms with Gasteiger partial charge in [0.05, 0.1) is 14.2 Å². The summed E-state index contributed by atoms with van der Waals surface area (Å²) in [7, 11) is 3.11. The van der Waals surface area contributed by atoms with E-state index in [1.807, 2.05) is 47.2 Å². The molecule has 0 aliphatic heterocycles. The van der Waals surface area contributed by atoms with Gasteiger partial charge < -0.3 is 19.4 Å². The van der Waals surface area contributed by atoms with Gasteiger partial charge in [-0.05, 0) is 42.0 Å². The molecular weight excluding hydrogens is 445 g/mol. The molecule has 0 atom stereocenters. The fourth-order valence-electron chi connectivity index (χ4n) is 3.93. The van der Waals surface area contributed by atoms with E-state index >= 15 is 0 Å². The van der Waals surface area contributed by atoms with Crippen molar-refractivity contribution in [2.75, 3.05) is 14.2 Å². The van der Waals surface area contributed by atoms with Gasteiger partial charge in [0.15, 0.2) is 0 Å². The van der Waals surface area contributed by atoms with Crippen LogP contribution in [0.5, 0.6) is 11.5 Å². The number of aromatic nitrogens is 1. The molecule has 0 bridgehead atoms. The van der Waals surface area contributed by atoms with Crippen LogP contribution in [0.15, 0.2) is 78.5 Å². The van der Waals surface area contributed by atoms with Crippen molar-refractivity contribution in [1.82, 2.24) is 9.88 Å². The lowest BCUT2D eigenvalue weighted by Gasteiger charge is -2.11. The molecule has 1 heterocycles. The summed E-state index contributed by atoms with van der Waals surface area (Å²) in [5, 5.41) is 13.4. The minimum absolute atomic E-state index is 0.0221. The highest BCUT2D eigenvalue weighted by Crippen LogP contribution is 2.26. The van der Waals surface area contributed by atoms with Crippen molar-refractivity contribution in [2.24, 2.45) is 0 Å². The second kappa shape index (κ2) is 10.6. The van der Waals surface area contributed by atoms with E-state index in [1.165, 1.54) is 12.1 Å². The van der Waals surface area contributed by atoms with E-state index in [2.05, 4.69) is 5.32 Å². The molecule has 1 N–H and O–H groups in total. The van der Waals surface area contributed by atoms with E-state index in [0.717, 1.165) is 27.6 Å². The number of ether oxygens (including phenoxy) is 2. The molecule has 7 heteroatoms. The number of nitriles is 1. The third-order valence-corrected chi connectivity index (χ3v) is 5.66. The first-order chi connectivity index (χ1) is 17.0. The highest BCUT2D eigenvalue weighted by molar-refractivity contribution is 6.04. The van der Waals surface area contributed by atoms with Crippen LogP contribution in [0.3, 0.4) is 0 Å². The van der Waals surface area contributed by atoms with E-state index < -0.39 is 5.91 Å². The highest BCUT2D eigenvalue weighted by atomic mass is 19.1. The number of hydrogen-bond acceptors (Lipinski definition) is 4. The summed E-state index contributed by atoms with van der Waals surface area (Å²) in [4.78, 5) is 12.8.